The summed E-state index contributed by atoms with van der Waals surface area (Å²) < 4.78 is 0.502. The number of hydrogen-bond donors (Lipinski definition) is 2. The van der Waals surface area contributed by atoms with Crippen molar-refractivity contribution in [3.05, 3.63) is 80.5 Å². The van der Waals surface area contributed by atoms with E-state index in [2.05, 4.69) is 0 Å². The van der Waals surface area contributed by atoms with Crippen LogP contribution in [0.3, 0.4) is 0 Å². The van der Waals surface area contributed by atoms with Crippen LogP contribution < -0.4 is 0 Å². The molecule has 2 N–H and O–H groups in total. The quantitative estimate of drug-likeness (QED) is 0.634. The highest BCUT2D eigenvalue weighted by molar-refractivity contribution is 7.16. The molecule has 32 heavy (non-hydrogen) atoms. The topological polar surface area (TPSA) is 112 Å². The van der Waals surface area contributed by atoms with Crippen LogP contribution in [0.2, 0.25) is 4.34 Å². The molecule has 0 fully saturated rings. The zero-order valence-corrected chi connectivity index (χ0v) is 18.8. The van der Waals surface area contributed by atoms with E-state index in [9.17, 15) is 29.4 Å². The van der Waals surface area contributed by atoms with E-state index in [4.69, 9.17) is 11.6 Å². The number of carbonyl (C=O) groups is 4. The summed E-state index contributed by atoms with van der Waals surface area (Å²) in [5.41, 5.74) is -0.189. The SMILES string of the molecule is CCN1C(=O)c2ccccc2C1=O.C[C@@]1(C(=O)O)C=CC=C(C(=O)O)C1c1ccc(Cl)s1. The smallest absolute Gasteiger partial charge is 0.332 e. The zero-order chi connectivity index (χ0) is 23.6. The molecule has 1 aromatic carbocycles. The van der Waals surface area contributed by atoms with E-state index in [1.54, 1.807) is 43.3 Å². The van der Waals surface area contributed by atoms with Crippen LogP contribution in [0.4, 0.5) is 0 Å². The van der Waals surface area contributed by atoms with Gasteiger partial charge in [-0.1, -0.05) is 42.0 Å². The van der Waals surface area contributed by atoms with Crippen molar-refractivity contribution in [3.63, 3.8) is 0 Å². The van der Waals surface area contributed by atoms with Gasteiger partial charge in [0, 0.05) is 22.9 Å². The molecule has 0 bridgehead atoms. The molecule has 1 unspecified atom stereocenters. The van der Waals surface area contributed by atoms with Gasteiger partial charge in [0.25, 0.3) is 11.8 Å². The lowest BCUT2D eigenvalue weighted by molar-refractivity contribution is -0.146. The molecule has 2 aliphatic rings. The number of rotatable bonds is 4. The summed E-state index contributed by atoms with van der Waals surface area (Å²) >= 11 is 7.06. The second kappa shape index (κ2) is 9.10. The van der Waals surface area contributed by atoms with Gasteiger partial charge in [-0.05, 0) is 38.1 Å². The molecule has 2 atom stereocenters. The minimum Gasteiger partial charge on any atom is -0.481 e. The monoisotopic (exact) mass is 473 g/mol. The lowest BCUT2D eigenvalue weighted by Crippen LogP contribution is -2.36. The second-order valence-corrected chi connectivity index (χ2v) is 9.10. The average Bonchev–Trinajstić information content (AvgIpc) is 3.29. The predicted octanol–water partition coefficient (Wildman–Crippen LogP) is 4.46. The molecule has 0 radical (unpaired) electrons. The number of benzene rings is 1. The number of carboxylic acids is 2. The summed E-state index contributed by atoms with van der Waals surface area (Å²) in [7, 11) is 0. The van der Waals surface area contributed by atoms with Crippen LogP contribution in [0.1, 0.15) is 45.4 Å². The highest BCUT2D eigenvalue weighted by atomic mass is 35.5. The maximum Gasteiger partial charge on any atom is 0.332 e. The Morgan fingerprint density at radius 2 is 1.69 bits per heavy atom. The fraction of sp³-hybridized carbons (Fsp3) is 0.217. The molecule has 0 saturated heterocycles. The van der Waals surface area contributed by atoms with Crippen LogP contribution in [0, 0.1) is 5.41 Å². The van der Waals surface area contributed by atoms with Gasteiger partial charge in [0.1, 0.15) is 0 Å². The zero-order valence-electron chi connectivity index (χ0n) is 17.2. The minimum atomic E-state index is -1.29. The largest absolute Gasteiger partial charge is 0.481 e. The van der Waals surface area contributed by atoms with Crippen LogP contribution in [-0.4, -0.2) is 45.4 Å². The Kier molecular flexibility index (Phi) is 6.66. The number of aliphatic carboxylic acids is 2. The summed E-state index contributed by atoms with van der Waals surface area (Å²) in [6.07, 6.45) is 4.43. The third-order valence-corrected chi connectivity index (χ3v) is 6.71. The lowest BCUT2D eigenvalue weighted by atomic mass is 9.69. The van der Waals surface area contributed by atoms with Gasteiger partial charge in [-0.25, -0.2) is 4.79 Å². The standard InChI is InChI=1S/C13H11ClO4S.C10H9NO2/c1-13(12(17)18)6-2-3-7(11(15)16)10(13)8-4-5-9(14)19-8;1-2-11-9(12)7-5-3-4-6-8(7)10(11)13/h2-6,10H,1H3,(H,15,16)(H,17,18);3-6H,2H2,1H3/t10?,13-;/m1./s1. The molecule has 7 nitrogen and oxygen atoms in total. The Morgan fingerprint density at radius 1 is 1.09 bits per heavy atom. The van der Waals surface area contributed by atoms with Gasteiger partial charge >= 0.3 is 11.9 Å². The summed E-state index contributed by atoms with van der Waals surface area (Å²) in [5.74, 6) is -3.28. The first-order valence-corrected chi connectivity index (χ1v) is 10.9. The van der Waals surface area contributed by atoms with Crippen molar-refractivity contribution in [2.24, 2.45) is 5.41 Å². The van der Waals surface area contributed by atoms with E-state index in [0.29, 0.717) is 26.9 Å². The fourth-order valence-corrected chi connectivity index (χ4v) is 5.03. The van der Waals surface area contributed by atoms with E-state index in [1.165, 1.54) is 41.4 Å². The van der Waals surface area contributed by atoms with Crippen molar-refractivity contribution in [1.29, 1.82) is 0 Å². The second-order valence-electron chi connectivity index (χ2n) is 7.35. The third kappa shape index (κ3) is 4.11. The normalized spacial score (nSPS) is 21.5. The van der Waals surface area contributed by atoms with Crippen LogP contribution in [0.5, 0.6) is 0 Å². The highest BCUT2D eigenvalue weighted by Gasteiger charge is 2.46. The maximum atomic E-state index is 11.5. The van der Waals surface area contributed by atoms with Crippen molar-refractivity contribution < 1.29 is 29.4 Å². The van der Waals surface area contributed by atoms with E-state index < -0.39 is 23.3 Å². The molecule has 1 aliphatic heterocycles. The summed E-state index contributed by atoms with van der Waals surface area (Å²) in [6.45, 7) is 3.74. The van der Waals surface area contributed by atoms with Gasteiger partial charge in [-0.15, -0.1) is 11.3 Å². The number of thiophene rings is 1. The Morgan fingerprint density at radius 3 is 2.12 bits per heavy atom. The van der Waals surface area contributed by atoms with Crippen LogP contribution in [0.25, 0.3) is 0 Å². The van der Waals surface area contributed by atoms with Gasteiger partial charge < -0.3 is 10.2 Å². The van der Waals surface area contributed by atoms with E-state index in [-0.39, 0.29) is 17.4 Å². The summed E-state index contributed by atoms with van der Waals surface area (Å²) in [6, 6.07) is 10.2. The number of carboxylic acid groups (broad SMARTS) is 2. The first-order valence-electron chi connectivity index (χ1n) is 9.68. The third-order valence-electron chi connectivity index (χ3n) is 5.41. The van der Waals surface area contributed by atoms with Crippen molar-refractivity contribution in [3.8, 4) is 0 Å². The van der Waals surface area contributed by atoms with Gasteiger partial charge in [0.05, 0.1) is 20.9 Å². The van der Waals surface area contributed by atoms with Gasteiger partial charge in [0.15, 0.2) is 0 Å². The first kappa shape index (κ1) is 23.4. The molecule has 166 valence electrons. The summed E-state index contributed by atoms with van der Waals surface area (Å²) in [4.78, 5) is 47.8. The Balaban J connectivity index is 0.000000193. The number of amides is 2. The van der Waals surface area contributed by atoms with Crippen LogP contribution >= 0.6 is 22.9 Å². The number of fused-ring (bicyclic) bond motifs is 1. The van der Waals surface area contributed by atoms with E-state index in [0.717, 1.165) is 0 Å². The minimum absolute atomic E-state index is 0.0610. The molecule has 0 saturated carbocycles. The number of imide groups is 1. The number of halogens is 1. The summed E-state index contributed by atoms with van der Waals surface area (Å²) in [5, 5.41) is 18.7. The molecule has 2 heterocycles. The number of carbonyl (C=O) groups excluding carboxylic acids is 2. The van der Waals surface area contributed by atoms with Crippen molar-refractivity contribution in [2.45, 2.75) is 19.8 Å². The predicted molar refractivity (Wildman–Crippen MR) is 120 cm³/mol. The molecular formula is C23H20ClNO6S. The molecule has 2 aromatic rings. The molecule has 2 amide bonds. The number of allylic oxidation sites excluding steroid dienone is 2. The van der Waals surface area contributed by atoms with Crippen molar-refractivity contribution in [1.82, 2.24) is 4.90 Å². The Hall–Kier alpha value is -3.23. The molecule has 1 aromatic heterocycles. The molecule has 0 spiro atoms. The maximum absolute atomic E-state index is 11.5. The molecule has 1 aliphatic carbocycles. The fourth-order valence-electron chi connectivity index (χ4n) is 3.72. The molecule has 9 heteroatoms. The van der Waals surface area contributed by atoms with E-state index in [1.807, 2.05) is 0 Å². The first-order chi connectivity index (χ1) is 15.1. The molecule has 4 rings (SSSR count). The average molecular weight is 474 g/mol. The number of hydrogen-bond acceptors (Lipinski definition) is 5. The van der Waals surface area contributed by atoms with E-state index >= 15 is 0 Å². The lowest BCUT2D eigenvalue weighted by Gasteiger charge is -2.33. The Bertz CT molecular complexity index is 1130. The van der Waals surface area contributed by atoms with Crippen LogP contribution in [-0.2, 0) is 9.59 Å². The molecular weight excluding hydrogens is 454 g/mol. The van der Waals surface area contributed by atoms with Crippen molar-refractivity contribution >= 4 is 46.7 Å². The highest BCUT2D eigenvalue weighted by Crippen LogP contribution is 2.47. The van der Waals surface area contributed by atoms with Gasteiger partial charge in [-0.2, -0.15) is 0 Å². The van der Waals surface area contributed by atoms with Crippen LogP contribution in [0.15, 0.2) is 60.2 Å². The number of nitrogens with zero attached hydrogens (tertiary/aromatic N) is 1. The Labute approximate surface area is 193 Å². The van der Waals surface area contributed by atoms with Gasteiger partial charge in [-0.3, -0.25) is 19.3 Å². The van der Waals surface area contributed by atoms with Crippen molar-refractivity contribution in [2.75, 3.05) is 6.54 Å². The van der Waals surface area contributed by atoms with Gasteiger partial charge in [0.2, 0.25) is 0 Å².